The van der Waals surface area contributed by atoms with Gasteiger partial charge in [0.2, 0.25) is 0 Å². The summed E-state index contributed by atoms with van der Waals surface area (Å²) in [5.74, 6) is 0. The van der Waals surface area contributed by atoms with E-state index in [0.29, 0.717) is 16.1 Å². The zero-order valence-electron chi connectivity index (χ0n) is 8.30. The Morgan fingerprint density at radius 2 is 1.87 bits per heavy atom. The summed E-state index contributed by atoms with van der Waals surface area (Å²) in [5, 5.41) is 4.61. The molecule has 1 aliphatic rings. The monoisotopic (exact) mass is 245 g/mol. The predicted octanol–water partition coefficient (Wildman–Crippen LogP) is 3.58. The smallest absolute Gasteiger partial charge is 0.0612 e. The van der Waals surface area contributed by atoms with Crippen LogP contribution in [0.4, 0.5) is 5.69 Å². The summed E-state index contributed by atoms with van der Waals surface area (Å²) in [6.45, 7) is 1.66. The molecular weight excluding hydrogens is 233 g/mol. The van der Waals surface area contributed by atoms with Crippen molar-refractivity contribution >= 4 is 28.9 Å². The second kappa shape index (κ2) is 5.06. The Morgan fingerprint density at radius 1 is 1.13 bits per heavy atom. The highest BCUT2D eigenvalue weighted by Gasteiger charge is 2.13. The molecule has 0 aliphatic carbocycles. The van der Waals surface area contributed by atoms with Gasteiger partial charge in [-0.2, -0.15) is 0 Å². The van der Waals surface area contributed by atoms with Gasteiger partial charge >= 0.3 is 0 Å². The molecule has 2 rings (SSSR count). The van der Waals surface area contributed by atoms with Crippen LogP contribution in [0.25, 0.3) is 0 Å². The standard InChI is InChI=1S/C11H13Cl2NO/c12-10-2-1-9(7-11(10)13)14-8-3-5-15-6-4-8/h1-2,7-8,14H,3-6H2. The average Bonchev–Trinajstić information content (AvgIpc) is 2.25. The van der Waals surface area contributed by atoms with Gasteiger partial charge in [0.15, 0.2) is 0 Å². The van der Waals surface area contributed by atoms with E-state index in [9.17, 15) is 0 Å². The van der Waals surface area contributed by atoms with Crippen LogP contribution in [0.3, 0.4) is 0 Å². The molecule has 0 atom stereocenters. The van der Waals surface area contributed by atoms with Crippen molar-refractivity contribution in [2.45, 2.75) is 18.9 Å². The first kappa shape index (κ1) is 11.1. The Kier molecular flexibility index (Phi) is 3.73. The number of hydrogen-bond donors (Lipinski definition) is 1. The van der Waals surface area contributed by atoms with Gasteiger partial charge in [0.1, 0.15) is 0 Å². The summed E-state index contributed by atoms with van der Waals surface area (Å²) in [5.41, 5.74) is 1.02. The fraction of sp³-hybridized carbons (Fsp3) is 0.455. The second-order valence-electron chi connectivity index (χ2n) is 3.66. The summed E-state index contributed by atoms with van der Waals surface area (Å²) in [7, 11) is 0. The normalized spacial score (nSPS) is 17.7. The fourth-order valence-electron chi connectivity index (χ4n) is 1.66. The number of hydrogen-bond acceptors (Lipinski definition) is 2. The van der Waals surface area contributed by atoms with Gasteiger partial charge in [-0.15, -0.1) is 0 Å². The van der Waals surface area contributed by atoms with Crippen LogP contribution in [0.5, 0.6) is 0 Å². The second-order valence-corrected chi connectivity index (χ2v) is 4.47. The molecule has 1 aliphatic heterocycles. The molecule has 4 heteroatoms. The Balaban J connectivity index is 2.00. The third-order valence-electron chi connectivity index (χ3n) is 2.51. The Hall–Kier alpha value is -0.440. The molecule has 0 spiro atoms. The third kappa shape index (κ3) is 3.00. The van der Waals surface area contributed by atoms with Gasteiger partial charge in [0, 0.05) is 24.9 Å². The SMILES string of the molecule is Clc1ccc(NC2CCOCC2)cc1Cl. The molecule has 0 radical (unpaired) electrons. The van der Waals surface area contributed by atoms with Crippen molar-refractivity contribution in [1.82, 2.24) is 0 Å². The van der Waals surface area contributed by atoms with Gasteiger partial charge < -0.3 is 10.1 Å². The van der Waals surface area contributed by atoms with Crippen LogP contribution in [0, 0.1) is 0 Å². The minimum atomic E-state index is 0.482. The summed E-state index contributed by atoms with van der Waals surface area (Å²) >= 11 is 11.8. The highest BCUT2D eigenvalue weighted by atomic mass is 35.5. The van der Waals surface area contributed by atoms with Crippen LogP contribution in [-0.4, -0.2) is 19.3 Å². The largest absolute Gasteiger partial charge is 0.382 e. The Labute approximate surface area is 99.5 Å². The topological polar surface area (TPSA) is 21.3 Å². The van der Waals surface area contributed by atoms with Crippen LogP contribution in [0.1, 0.15) is 12.8 Å². The van der Waals surface area contributed by atoms with Crippen molar-refractivity contribution in [2.75, 3.05) is 18.5 Å². The molecule has 82 valence electrons. The number of anilines is 1. The van der Waals surface area contributed by atoms with E-state index in [1.165, 1.54) is 0 Å². The molecule has 1 heterocycles. The van der Waals surface area contributed by atoms with Crippen molar-refractivity contribution in [3.8, 4) is 0 Å². The van der Waals surface area contributed by atoms with E-state index in [-0.39, 0.29) is 0 Å². The number of rotatable bonds is 2. The van der Waals surface area contributed by atoms with Crippen molar-refractivity contribution in [1.29, 1.82) is 0 Å². The molecule has 15 heavy (non-hydrogen) atoms. The summed E-state index contributed by atoms with van der Waals surface area (Å²) < 4.78 is 5.29. The lowest BCUT2D eigenvalue weighted by Gasteiger charge is -2.24. The van der Waals surface area contributed by atoms with Crippen LogP contribution in [-0.2, 0) is 4.74 Å². The highest BCUT2D eigenvalue weighted by molar-refractivity contribution is 6.42. The van der Waals surface area contributed by atoms with Crippen molar-refractivity contribution in [3.63, 3.8) is 0 Å². The van der Waals surface area contributed by atoms with E-state index in [2.05, 4.69) is 5.32 Å². The molecule has 0 aromatic heterocycles. The number of halogens is 2. The molecule has 0 bridgehead atoms. The maximum absolute atomic E-state index is 5.93. The number of benzene rings is 1. The minimum Gasteiger partial charge on any atom is -0.382 e. The average molecular weight is 246 g/mol. The molecule has 1 aromatic rings. The van der Waals surface area contributed by atoms with Crippen LogP contribution >= 0.6 is 23.2 Å². The molecule has 1 saturated heterocycles. The first-order valence-corrected chi connectivity index (χ1v) is 5.80. The maximum Gasteiger partial charge on any atom is 0.0612 e. The molecule has 1 aromatic carbocycles. The van der Waals surface area contributed by atoms with E-state index in [1.807, 2.05) is 18.2 Å². The highest BCUT2D eigenvalue weighted by Crippen LogP contribution is 2.26. The number of nitrogens with one attached hydrogen (secondary N) is 1. The van der Waals surface area contributed by atoms with Gasteiger partial charge in [0.25, 0.3) is 0 Å². The van der Waals surface area contributed by atoms with Gasteiger partial charge in [-0.3, -0.25) is 0 Å². The first-order valence-electron chi connectivity index (χ1n) is 5.05. The van der Waals surface area contributed by atoms with Crippen molar-refractivity contribution in [2.24, 2.45) is 0 Å². The van der Waals surface area contributed by atoms with Crippen LogP contribution < -0.4 is 5.32 Å². The van der Waals surface area contributed by atoms with Crippen molar-refractivity contribution < 1.29 is 4.74 Å². The summed E-state index contributed by atoms with van der Waals surface area (Å²) in [6, 6.07) is 6.10. The van der Waals surface area contributed by atoms with E-state index in [4.69, 9.17) is 27.9 Å². The van der Waals surface area contributed by atoms with Gasteiger partial charge in [-0.25, -0.2) is 0 Å². The van der Waals surface area contributed by atoms with E-state index >= 15 is 0 Å². The van der Waals surface area contributed by atoms with Gasteiger partial charge in [-0.05, 0) is 31.0 Å². The van der Waals surface area contributed by atoms with Crippen molar-refractivity contribution in [3.05, 3.63) is 28.2 Å². The molecule has 0 amide bonds. The predicted molar refractivity (Wildman–Crippen MR) is 63.9 cm³/mol. The molecule has 2 nitrogen and oxygen atoms in total. The molecule has 1 N–H and O–H groups in total. The zero-order valence-corrected chi connectivity index (χ0v) is 9.81. The molecular formula is C11H13Cl2NO. The molecule has 0 saturated carbocycles. The quantitative estimate of drug-likeness (QED) is 0.861. The summed E-state index contributed by atoms with van der Waals surface area (Å²) in [4.78, 5) is 0. The summed E-state index contributed by atoms with van der Waals surface area (Å²) in [6.07, 6.45) is 2.08. The minimum absolute atomic E-state index is 0.482. The molecule has 1 fully saturated rings. The maximum atomic E-state index is 5.93. The van der Waals surface area contributed by atoms with Crippen LogP contribution in [0.2, 0.25) is 10.0 Å². The van der Waals surface area contributed by atoms with E-state index in [1.54, 1.807) is 0 Å². The van der Waals surface area contributed by atoms with Crippen LogP contribution in [0.15, 0.2) is 18.2 Å². The zero-order chi connectivity index (χ0) is 10.7. The van der Waals surface area contributed by atoms with E-state index in [0.717, 1.165) is 31.7 Å². The lowest BCUT2D eigenvalue weighted by molar-refractivity contribution is 0.0904. The lowest BCUT2D eigenvalue weighted by atomic mass is 10.1. The van der Waals surface area contributed by atoms with Gasteiger partial charge in [0.05, 0.1) is 10.0 Å². The Morgan fingerprint density at radius 3 is 2.53 bits per heavy atom. The Bertz CT molecular complexity index is 337. The first-order chi connectivity index (χ1) is 7.25. The van der Waals surface area contributed by atoms with Gasteiger partial charge in [-0.1, -0.05) is 23.2 Å². The fourth-order valence-corrected chi connectivity index (χ4v) is 1.96. The van der Waals surface area contributed by atoms with E-state index < -0.39 is 0 Å². The number of ether oxygens (including phenoxy) is 1. The lowest BCUT2D eigenvalue weighted by Crippen LogP contribution is -2.27. The molecule has 0 unspecified atom stereocenters. The third-order valence-corrected chi connectivity index (χ3v) is 3.25.